The zero-order chi connectivity index (χ0) is 45.8. The van der Waals surface area contributed by atoms with Crippen molar-refractivity contribution < 1.29 is 43.5 Å². The summed E-state index contributed by atoms with van der Waals surface area (Å²) in [4.78, 5) is 52.1. The molecule has 2 aromatic carbocycles. The number of aliphatic hydroxyl groups is 1. The molecule has 0 amide bonds. The van der Waals surface area contributed by atoms with Gasteiger partial charge in [-0.2, -0.15) is 0 Å². The lowest BCUT2D eigenvalue weighted by Gasteiger charge is -2.63. The number of allylic oxidation sites excluding steroid dienone is 1. The Morgan fingerprint density at radius 2 is 1.75 bits per heavy atom. The Morgan fingerprint density at radius 3 is 2.46 bits per heavy atom. The van der Waals surface area contributed by atoms with E-state index in [9.17, 15) is 19.8 Å². The Hall–Kier alpha value is -4.60. The number of esters is 3. The number of aromatic hydroxyl groups is 1. The first kappa shape index (κ1) is 44.3. The average molecular weight is 902 g/mol. The number of phenols is 1. The number of hydrogen-bond donors (Lipinski definition) is 2. The molecule has 2 bridgehead atoms. The second kappa shape index (κ2) is 16.0. The lowest BCUT2D eigenvalue weighted by Crippen LogP contribution is -2.79. The topological polar surface area (TPSA) is 138 Å². The van der Waals surface area contributed by atoms with Gasteiger partial charge in [-0.3, -0.25) is 19.4 Å². The van der Waals surface area contributed by atoms with Gasteiger partial charge in [0.25, 0.3) is 0 Å². The summed E-state index contributed by atoms with van der Waals surface area (Å²) < 4.78 is 24.4. The zero-order valence-electron chi connectivity index (χ0n) is 38.5. The Labute approximate surface area is 386 Å². The van der Waals surface area contributed by atoms with E-state index in [0.29, 0.717) is 46.2 Å². The predicted molar refractivity (Wildman–Crippen MR) is 249 cm³/mol. The molecular formula is C51H60BN3O9S. The van der Waals surface area contributed by atoms with Crippen LogP contribution in [0.2, 0.25) is 0 Å². The van der Waals surface area contributed by atoms with Crippen LogP contribution < -0.4 is 5.46 Å². The lowest BCUT2D eigenvalue weighted by atomic mass is 9.46. The van der Waals surface area contributed by atoms with E-state index < -0.39 is 58.0 Å². The number of ether oxygens (including phenoxy) is 4. The van der Waals surface area contributed by atoms with Crippen molar-refractivity contribution in [1.82, 2.24) is 14.7 Å². The van der Waals surface area contributed by atoms with E-state index in [1.807, 2.05) is 31.0 Å². The largest absolute Gasteiger partial charge is 0.508 e. The maximum absolute atomic E-state index is 15.6. The predicted octanol–water partition coefficient (Wildman–Crippen LogP) is 4.81. The number of methoxy groups -OCH3 is 3. The van der Waals surface area contributed by atoms with E-state index in [4.69, 9.17) is 18.9 Å². The van der Waals surface area contributed by atoms with Gasteiger partial charge in [-0.1, -0.05) is 78.6 Å². The highest BCUT2D eigenvalue weighted by molar-refractivity contribution is 7.99. The normalized spacial score (nSPS) is 36.3. The maximum atomic E-state index is 15.6. The SMILES string of the molecule is CCC1=C[C@H]2CN(C1)CC1=C(Bc3ccc(Sc4cccc(O)c4)cc31)[C@@](C(=O)OC)(C1C=C3C(=CC1OC)N(C)[C@H]1[C@@](O)(C(=O)OC)[C@H](OC(C)=O)[C@]4(CC)C=CCN5CC[C@]31[C@@H]54)C2. The zero-order valence-corrected chi connectivity index (χ0v) is 39.3. The quantitative estimate of drug-likeness (QED) is 0.154. The van der Waals surface area contributed by atoms with Crippen molar-refractivity contribution in [2.24, 2.45) is 28.1 Å². The van der Waals surface area contributed by atoms with E-state index >= 15 is 4.79 Å². The summed E-state index contributed by atoms with van der Waals surface area (Å²) in [7, 11) is 6.93. The van der Waals surface area contributed by atoms with Crippen molar-refractivity contribution in [2.75, 3.05) is 61.1 Å². The van der Waals surface area contributed by atoms with Crippen LogP contribution in [0, 0.1) is 28.1 Å². The van der Waals surface area contributed by atoms with Crippen LogP contribution >= 0.6 is 11.8 Å². The molecule has 3 unspecified atom stereocenters. The Kier molecular flexibility index (Phi) is 10.9. The van der Waals surface area contributed by atoms with E-state index in [-0.39, 0.29) is 23.7 Å². The number of carbonyl (C=O) groups excluding carboxylic acids is 3. The number of phenolic OH excluding ortho intramolecular Hbond substituents is 1. The minimum atomic E-state index is -2.28. The molecule has 1 saturated carbocycles. The molecule has 14 heteroatoms. The van der Waals surface area contributed by atoms with Crippen molar-refractivity contribution in [1.29, 1.82) is 0 Å². The van der Waals surface area contributed by atoms with Crippen LogP contribution in [0.25, 0.3) is 5.57 Å². The van der Waals surface area contributed by atoms with Crippen molar-refractivity contribution in [3.05, 3.63) is 101 Å². The molecule has 6 aliphatic heterocycles. The molecule has 12 nitrogen and oxygen atoms in total. The molecule has 2 aromatic rings. The fourth-order valence-electron chi connectivity index (χ4n) is 14.4. The highest BCUT2D eigenvalue weighted by Crippen LogP contribution is 2.70. The molecule has 11 atom stereocenters. The van der Waals surface area contributed by atoms with E-state index in [1.54, 1.807) is 31.0 Å². The minimum absolute atomic E-state index is 0.0488. The molecule has 2 N–H and O–H groups in total. The van der Waals surface area contributed by atoms with Gasteiger partial charge in [0.05, 0.1) is 31.8 Å². The summed E-state index contributed by atoms with van der Waals surface area (Å²) in [6.45, 7) is 9.23. The number of likely N-dealkylation sites (tertiary alicyclic amines) is 1. The third kappa shape index (κ3) is 6.22. The number of carbonyl (C=O) groups is 3. The average Bonchev–Trinajstić information content (AvgIpc) is 3.94. The van der Waals surface area contributed by atoms with Gasteiger partial charge in [0.2, 0.25) is 5.60 Å². The van der Waals surface area contributed by atoms with Crippen LogP contribution in [0.5, 0.6) is 5.75 Å². The third-order valence-corrected chi connectivity index (χ3v) is 17.6. The fraction of sp³-hybridized carbons (Fsp3) is 0.510. The van der Waals surface area contributed by atoms with Crippen LogP contribution in [-0.4, -0.2) is 141 Å². The van der Waals surface area contributed by atoms with E-state index in [0.717, 1.165) is 62.6 Å². The second-order valence-electron chi connectivity index (χ2n) is 19.6. The molecular weight excluding hydrogens is 841 g/mol. The molecule has 0 radical (unpaired) electrons. The van der Waals surface area contributed by atoms with Crippen LogP contribution in [0.4, 0.5) is 0 Å². The summed E-state index contributed by atoms with van der Waals surface area (Å²) in [5.74, 6) is -2.03. The van der Waals surface area contributed by atoms with E-state index in [2.05, 4.69) is 65.3 Å². The summed E-state index contributed by atoms with van der Waals surface area (Å²) in [6, 6.07) is 12.7. The van der Waals surface area contributed by atoms with Gasteiger partial charge in [0, 0.05) is 85.5 Å². The summed E-state index contributed by atoms with van der Waals surface area (Å²) in [6.07, 6.45) is 11.6. The monoisotopic (exact) mass is 901 g/mol. The molecule has 6 heterocycles. The van der Waals surface area contributed by atoms with Crippen molar-refractivity contribution in [3.63, 3.8) is 0 Å². The molecule has 3 fully saturated rings. The number of rotatable bonds is 9. The van der Waals surface area contributed by atoms with Crippen molar-refractivity contribution >= 4 is 48.0 Å². The molecule has 10 rings (SSSR count). The van der Waals surface area contributed by atoms with Gasteiger partial charge in [-0.05, 0) is 91.3 Å². The number of hydrogen-bond acceptors (Lipinski definition) is 13. The van der Waals surface area contributed by atoms with Crippen LogP contribution in [0.15, 0.2) is 105 Å². The van der Waals surface area contributed by atoms with Gasteiger partial charge in [0.15, 0.2) is 13.4 Å². The molecule has 342 valence electrons. The number of benzene rings is 2. The maximum Gasteiger partial charge on any atom is 0.344 e. The molecule has 8 aliphatic rings. The minimum Gasteiger partial charge on any atom is -0.508 e. The molecule has 2 saturated heterocycles. The van der Waals surface area contributed by atoms with Gasteiger partial charge >= 0.3 is 17.9 Å². The number of likely N-dealkylation sites (N-methyl/N-ethyl adjacent to an activating group) is 1. The van der Waals surface area contributed by atoms with Gasteiger partial charge in [0.1, 0.15) is 5.75 Å². The van der Waals surface area contributed by atoms with Gasteiger partial charge in [-0.25, -0.2) is 4.79 Å². The number of fused-ring (bicyclic) bond motifs is 5. The first-order valence-corrected chi connectivity index (χ1v) is 24.0. The standard InChI is InChI=1S/C51H60BN3O9S/c1-8-30-20-31-25-50(46(58)62-6,42-36(28-54(26-30)27-31)35-22-34(14-15-39(35)52-42)65-33-13-10-12-32(57)21-33)38-23-37-40(24-41(38)61-5)53(4)44-49(37)17-19-55-18-11-16-48(9-2,43(49)55)45(64-29(3)56)51(44,60)47(59)63-7/h10-16,20-24,31,38,41,43-45,52,57,60H,8-9,17-19,25-28H2,1-7H3/t31-,38?,41?,43+,44-,45-,48-,49-,50+,51+/m1/s1. The summed E-state index contributed by atoms with van der Waals surface area (Å²) in [5.41, 5.74) is 2.31. The molecule has 0 aromatic heterocycles. The van der Waals surface area contributed by atoms with E-state index in [1.165, 1.54) is 26.7 Å². The first-order valence-electron chi connectivity index (χ1n) is 23.2. The van der Waals surface area contributed by atoms with Crippen molar-refractivity contribution in [2.45, 2.75) is 86.1 Å². The van der Waals surface area contributed by atoms with Crippen LogP contribution in [-0.2, 0) is 33.3 Å². The van der Waals surface area contributed by atoms with Crippen molar-refractivity contribution in [3.8, 4) is 5.75 Å². The number of nitrogens with zero attached hydrogens (tertiary/aromatic N) is 3. The third-order valence-electron chi connectivity index (χ3n) is 16.6. The first-order chi connectivity index (χ1) is 31.2. The smallest absolute Gasteiger partial charge is 0.344 e. The Morgan fingerprint density at radius 1 is 0.969 bits per heavy atom. The second-order valence-corrected chi connectivity index (χ2v) is 20.7. The summed E-state index contributed by atoms with van der Waals surface area (Å²) >= 11 is 1.60. The van der Waals surface area contributed by atoms with Crippen LogP contribution in [0.1, 0.15) is 52.0 Å². The Balaban J connectivity index is 1.21. The van der Waals surface area contributed by atoms with Crippen LogP contribution in [0.3, 0.4) is 0 Å². The highest BCUT2D eigenvalue weighted by Gasteiger charge is 2.81. The highest BCUT2D eigenvalue weighted by atomic mass is 32.2. The fourth-order valence-corrected chi connectivity index (χ4v) is 15.3. The molecule has 2 aliphatic carbocycles. The van der Waals surface area contributed by atoms with Gasteiger partial charge in [-0.15, -0.1) is 0 Å². The summed E-state index contributed by atoms with van der Waals surface area (Å²) in [5, 5.41) is 23.7. The molecule has 1 spiro atoms. The Bertz CT molecular complexity index is 2520. The lowest BCUT2D eigenvalue weighted by molar-refractivity contribution is -0.243. The van der Waals surface area contributed by atoms with Gasteiger partial charge < -0.3 is 34.1 Å². The molecule has 65 heavy (non-hydrogen) atoms.